The van der Waals surface area contributed by atoms with Gasteiger partial charge in [-0.3, -0.25) is 14.5 Å². The highest BCUT2D eigenvalue weighted by Gasteiger charge is 2.69. The van der Waals surface area contributed by atoms with Crippen molar-refractivity contribution in [2.24, 2.45) is 0 Å². The van der Waals surface area contributed by atoms with Gasteiger partial charge in [-0.25, -0.2) is 8.42 Å². The number of aryl methyl sites for hydroxylation is 1. The molecule has 1 atom stereocenters. The smallest absolute Gasteiger partial charge is 0.274 e. The lowest BCUT2D eigenvalue weighted by Crippen LogP contribution is -2.54. The fourth-order valence-corrected chi connectivity index (χ4v) is 6.58. The molecule has 156 valence electrons. The SMILES string of the molecule is Cc1ccc2c(c1)C1(C(=O)N2Cc2ccccc2)N(c2ccccc2)C(=O)CS1(=O)=O. The highest BCUT2D eigenvalue weighted by Crippen LogP contribution is 2.53. The summed E-state index contributed by atoms with van der Waals surface area (Å²) in [5.41, 5.74) is 2.92. The zero-order valence-corrected chi connectivity index (χ0v) is 17.7. The van der Waals surface area contributed by atoms with Gasteiger partial charge in [0.05, 0.1) is 12.2 Å². The summed E-state index contributed by atoms with van der Waals surface area (Å²) in [6, 6.07) is 23.2. The lowest BCUT2D eigenvalue weighted by molar-refractivity contribution is -0.123. The molecule has 1 fully saturated rings. The second kappa shape index (κ2) is 6.78. The second-order valence-corrected chi connectivity index (χ2v) is 9.97. The molecule has 31 heavy (non-hydrogen) atoms. The minimum Gasteiger partial charge on any atom is -0.304 e. The van der Waals surface area contributed by atoms with Crippen LogP contribution in [0.2, 0.25) is 0 Å². The Morgan fingerprint density at radius 3 is 2.23 bits per heavy atom. The Labute approximate surface area is 180 Å². The molecule has 1 saturated heterocycles. The molecule has 2 aliphatic heterocycles. The van der Waals surface area contributed by atoms with Gasteiger partial charge in [-0.1, -0.05) is 60.2 Å². The maximum absolute atomic E-state index is 14.0. The lowest BCUT2D eigenvalue weighted by Gasteiger charge is -2.32. The van der Waals surface area contributed by atoms with E-state index in [4.69, 9.17) is 0 Å². The molecule has 6 nitrogen and oxygen atoms in total. The Balaban J connectivity index is 1.78. The number of nitrogens with zero attached hydrogens (tertiary/aromatic N) is 2. The van der Waals surface area contributed by atoms with Crippen LogP contribution in [0.5, 0.6) is 0 Å². The highest BCUT2D eigenvalue weighted by atomic mass is 32.2. The van der Waals surface area contributed by atoms with Crippen LogP contribution < -0.4 is 9.80 Å². The quantitative estimate of drug-likeness (QED) is 0.637. The van der Waals surface area contributed by atoms with Crippen molar-refractivity contribution in [3.05, 3.63) is 95.6 Å². The molecule has 2 amide bonds. The number of para-hydroxylation sites is 1. The van der Waals surface area contributed by atoms with E-state index >= 15 is 0 Å². The Morgan fingerprint density at radius 2 is 1.55 bits per heavy atom. The maximum Gasteiger partial charge on any atom is 0.274 e. The Bertz CT molecular complexity index is 1310. The van der Waals surface area contributed by atoms with Crippen molar-refractivity contribution < 1.29 is 18.0 Å². The number of carbonyl (C=O) groups is 2. The van der Waals surface area contributed by atoms with E-state index < -0.39 is 32.3 Å². The largest absolute Gasteiger partial charge is 0.304 e. The monoisotopic (exact) mass is 432 g/mol. The number of anilines is 2. The number of rotatable bonds is 3. The molecule has 0 radical (unpaired) electrons. The molecule has 2 aliphatic rings. The van der Waals surface area contributed by atoms with Crippen LogP contribution in [0.4, 0.5) is 11.4 Å². The molecule has 0 aliphatic carbocycles. The second-order valence-electron chi connectivity index (χ2n) is 7.87. The van der Waals surface area contributed by atoms with E-state index in [1.54, 1.807) is 42.5 Å². The summed E-state index contributed by atoms with van der Waals surface area (Å²) in [4.78, 5) is 27.6. The molecule has 1 unspecified atom stereocenters. The molecule has 7 heteroatoms. The van der Waals surface area contributed by atoms with Crippen LogP contribution in [0.1, 0.15) is 16.7 Å². The van der Waals surface area contributed by atoms with E-state index in [1.165, 1.54) is 9.80 Å². The van der Waals surface area contributed by atoms with E-state index in [0.717, 1.165) is 11.1 Å². The van der Waals surface area contributed by atoms with Gasteiger partial charge in [0.2, 0.25) is 5.91 Å². The minimum atomic E-state index is -4.15. The third kappa shape index (κ3) is 2.66. The molecular formula is C24H20N2O4S. The fourth-order valence-electron chi connectivity index (χ4n) is 4.55. The van der Waals surface area contributed by atoms with Crippen molar-refractivity contribution in [3.63, 3.8) is 0 Å². The van der Waals surface area contributed by atoms with Crippen LogP contribution in [0.3, 0.4) is 0 Å². The molecule has 0 bridgehead atoms. The third-order valence-electron chi connectivity index (χ3n) is 5.87. The summed E-state index contributed by atoms with van der Waals surface area (Å²) in [7, 11) is -4.15. The fraction of sp³-hybridized carbons (Fsp3) is 0.167. The maximum atomic E-state index is 14.0. The zero-order valence-electron chi connectivity index (χ0n) is 16.9. The van der Waals surface area contributed by atoms with Gasteiger partial charge in [0, 0.05) is 11.3 Å². The van der Waals surface area contributed by atoms with Crippen molar-refractivity contribution in [2.75, 3.05) is 15.6 Å². The van der Waals surface area contributed by atoms with Crippen LogP contribution in [0.15, 0.2) is 78.9 Å². The number of fused-ring (bicyclic) bond motifs is 2. The van der Waals surface area contributed by atoms with Crippen molar-refractivity contribution >= 4 is 33.0 Å². The molecule has 3 aromatic carbocycles. The van der Waals surface area contributed by atoms with Gasteiger partial charge >= 0.3 is 0 Å². The van der Waals surface area contributed by atoms with Gasteiger partial charge in [-0.15, -0.1) is 0 Å². The van der Waals surface area contributed by atoms with E-state index in [2.05, 4.69) is 0 Å². The summed E-state index contributed by atoms with van der Waals surface area (Å²) in [5, 5.41) is 0. The predicted molar refractivity (Wildman–Crippen MR) is 118 cm³/mol. The molecular weight excluding hydrogens is 412 g/mol. The third-order valence-corrected chi connectivity index (χ3v) is 7.97. The van der Waals surface area contributed by atoms with E-state index in [9.17, 15) is 18.0 Å². The number of hydrogen-bond acceptors (Lipinski definition) is 4. The Morgan fingerprint density at radius 1 is 0.903 bits per heavy atom. The summed E-state index contributed by atoms with van der Waals surface area (Å²) in [6.45, 7) is 2.05. The first-order valence-corrected chi connectivity index (χ1v) is 11.6. The lowest BCUT2D eigenvalue weighted by atomic mass is 10.0. The predicted octanol–water partition coefficient (Wildman–Crippen LogP) is 3.16. The van der Waals surface area contributed by atoms with Crippen LogP contribution in [-0.2, 0) is 30.8 Å². The molecule has 5 rings (SSSR count). The van der Waals surface area contributed by atoms with Crippen LogP contribution in [-0.4, -0.2) is 26.0 Å². The van der Waals surface area contributed by atoms with Crippen molar-refractivity contribution in [2.45, 2.75) is 18.3 Å². The molecule has 0 saturated carbocycles. The summed E-state index contributed by atoms with van der Waals surface area (Å²) in [5.74, 6) is -1.93. The Hall–Kier alpha value is -3.45. The summed E-state index contributed by atoms with van der Waals surface area (Å²) in [6.07, 6.45) is 0. The number of sulfone groups is 1. The average molecular weight is 433 g/mol. The van der Waals surface area contributed by atoms with Crippen LogP contribution in [0.25, 0.3) is 0 Å². The van der Waals surface area contributed by atoms with Gasteiger partial charge in [-0.2, -0.15) is 0 Å². The normalized spacial score (nSPS) is 21.7. The van der Waals surface area contributed by atoms with Crippen LogP contribution in [0, 0.1) is 6.92 Å². The van der Waals surface area contributed by atoms with Gasteiger partial charge in [0.15, 0.2) is 9.84 Å². The van der Waals surface area contributed by atoms with Crippen molar-refractivity contribution in [3.8, 4) is 0 Å². The number of carbonyl (C=O) groups excluding carboxylic acids is 2. The summed E-state index contributed by atoms with van der Waals surface area (Å²) >= 11 is 0. The Kier molecular flexibility index (Phi) is 4.27. The number of amides is 2. The highest BCUT2D eigenvalue weighted by molar-refractivity contribution is 7.94. The van der Waals surface area contributed by atoms with Crippen molar-refractivity contribution in [1.29, 1.82) is 0 Å². The first kappa shape index (κ1) is 19.5. The molecule has 3 aromatic rings. The van der Waals surface area contributed by atoms with Gasteiger partial charge < -0.3 is 4.90 Å². The standard InChI is InChI=1S/C24H20N2O4S/c1-17-12-13-21-20(14-17)24(23(28)25(21)15-18-8-4-2-5-9-18)26(19-10-6-3-7-11-19)22(27)16-31(24,29)30/h2-14H,15-16H2,1H3. The molecule has 2 heterocycles. The first-order valence-electron chi connectivity index (χ1n) is 9.94. The first-order chi connectivity index (χ1) is 14.9. The molecule has 0 N–H and O–H groups in total. The van der Waals surface area contributed by atoms with Gasteiger partial charge in [-0.05, 0) is 36.8 Å². The van der Waals surface area contributed by atoms with E-state index in [1.807, 2.05) is 43.3 Å². The average Bonchev–Trinajstić information content (AvgIpc) is 3.12. The summed E-state index contributed by atoms with van der Waals surface area (Å²) < 4.78 is 27.1. The van der Waals surface area contributed by atoms with Crippen molar-refractivity contribution in [1.82, 2.24) is 0 Å². The number of hydrogen-bond donors (Lipinski definition) is 0. The van der Waals surface area contributed by atoms with Gasteiger partial charge in [0.25, 0.3) is 10.8 Å². The van der Waals surface area contributed by atoms with Crippen LogP contribution >= 0.6 is 0 Å². The number of benzene rings is 3. The zero-order chi connectivity index (χ0) is 21.8. The molecule has 1 spiro atoms. The minimum absolute atomic E-state index is 0.212. The van der Waals surface area contributed by atoms with Gasteiger partial charge in [0.1, 0.15) is 5.75 Å². The van der Waals surface area contributed by atoms with E-state index in [-0.39, 0.29) is 6.54 Å². The molecule has 0 aromatic heterocycles. The van der Waals surface area contributed by atoms with E-state index in [0.29, 0.717) is 16.9 Å². The topological polar surface area (TPSA) is 74.8 Å².